The second kappa shape index (κ2) is 8.56. The molecule has 1 aliphatic carbocycles. The molecule has 1 aromatic carbocycles. The molecule has 3 rings (SSSR count). The van der Waals surface area contributed by atoms with Gasteiger partial charge >= 0.3 is 5.97 Å². The number of anilines is 1. The first-order chi connectivity index (χ1) is 14.5. The van der Waals surface area contributed by atoms with Crippen LogP contribution in [-0.4, -0.2) is 36.2 Å². The van der Waals surface area contributed by atoms with E-state index in [1.54, 1.807) is 13.0 Å². The maximum Gasteiger partial charge on any atom is 0.341 e. The lowest BCUT2D eigenvalue weighted by molar-refractivity contribution is -0.117. The topological polar surface area (TPSA) is 113 Å². The lowest BCUT2D eigenvalue weighted by Gasteiger charge is -2.16. The van der Waals surface area contributed by atoms with Crippen LogP contribution >= 0.6 is 0 Å². The minimum atomic E-state index is -0.781. The van der Waals surface area contributed by atoms with Crippen molar-refractivity contribution in [3.8, 4) is 11.5 Å². The van der Waals surface area contributed by atoms with E-state index in [4.69, 9.17) is 18.7 Å². The largest absolute Gasteiger partial charge is 0.493 e. The Kier molecular flexibility index (Phi) is 6.24. The summed E-state index contributed by atoms with van der Waals surface area (Å²) in [6.45, 7) is 9.52. The summed E-state index contributed by atoms with van der Waals surface area (Å²) in [6.07, 6.45) is 0.0413. The highest BCUT2D eigenvalue weighted by Crippen LogP contribution is 2.40. The third-order valence-electron chi connectivity index (χ3n) is 5.19. The van der Waals surface area contributed by atoms with E-state index in [0.29, 0.717) is 28.9 Å². The van der Waals surface area contributed by atoms with Crippen molar-refractivity contribution in [1.29, 1.82) is 0 Å². The first-order valence-electron chi connectivity index (χ1n) is 10.2. The molecule has 2 aromatic rings. The van der Waals surface area contributed by atoms with Gasteiger partial charge in [-0.1, -0.05) is 32.9 Å². The normalized spacial score (nSPS) is 18.8. The van der Waals surface area contributed by atoms with Crippen LogP contribution in [0.1, 0.15) is 69.2 Å². The second-order valence-corrected chi connectivity index (χ2v) is 8.82. The molecule has 3 unspecified atom stereocenters. The fourth-order valence-corrected chi connectivity index (χ4v) is 3.04. The van der Waals surface area contributed by atoms with Crippen molar-refractivity contribution in [2.24, 2.45) is 11.8 Å². The first kappa shape index (κ1) is 22.6. The number of benzene rings is 1. The van der Waals surface area contributed by atoms with Crippen LogP contribution in [0, 0.1) is 11.8 Å². The zero-order chi connectivity index (χ0) is 22.9. The average molecular weight is 431 g/mol. The van der Waals surface area contributed by atoms with E-state index < -0.39 is 12.1 Å². The van der Waals surface area contributed by atoms with Crippen molar-refractivity contribution in [2.45, 2.75) is 52.6 Å². The molecule has 1 saturated carbocycles. The maximum atomic E-state index is 13.0. The van der Waals surface area contributed by atoms with Crippen molar-refractivity contribution < 1.29 is 28.3 Å². The molecule has 1 N–H and O–H groups in total. The van der Waals surface area contributed by atoms with Crippen LogP contribution in [-0.2, 0) is 14.9 Å². The fraction of sp³-hybridized carbons (Fsp3) is 0.545. The molecule has 9 nitrogen and oxygen atoms in total. The van der Waals surface area contributed by atoms with Gasteiger partial charge in [0.25, 0.3) is 5.89 Å². The van der Waals surface area contributed by atoms with Gasteiger partial charge in [0.2, 0.25) is 5.91 Å². The Morgan fingerprint density at radius 1 is 1.19 bits per heavy atom. The quantitative estimate of drug-likeness (QED) is 0.657. The minimum absolute atomic E-state index is 0.0647. The number of amides is 1. The number of rotatable bonds is 7. The number of hydrogen-bond acceptors (Lipinski definition) is 8. The summed E-state index contributed by atoms with van der Waals surface area (Å²) < 4.78 is 21.4. The van der Waals surface area contributed by atoms with Gasteiger partial charge in [-0.05, 0) is 19.3 Å². The van der Waals surface area contributed by atoms with E-state index >= 15 is 0 Å². The summed E-state index contributed by atoms with van der Waals surface area (Å²) in [5, 5.41) is 6.78. The van der Waals surface area contributed by atoms with Crippen molar-refractivity contribution in [3.05, 3.63) is 29.4 Å². The molecule has 1 fully saturated rings. The lowest BCUT2D eigenvalue weighted by Crippen LogP contribution is -2.19. The molecule has 168 valence electrons. The third-order valence-corrected chi connectivity index (χ3v) is 5.19. The number of hydrogen-bond donors (Lipinski definition) is 1. The second-order valence-electron chi connectivity index (χ2n) is 8.82. The molecule has 0 saturated heterocycles. The summed E-state index contributed by atoms with van der Waals surface area (Å²) in [6, 6.07) is 3.03. The number of methoxy groups -OCH3 is 2. The molecular formula is C22H29N3O6. The minimum Gasteiger partial charge on any atom is -0.493 e. The summed E-state index contributed by atoms with van der Waals surface area (Å²) >= 11 is 0. The molecule has 1 aromatic heterocycles. The van der Waals surface area contributed by atoms with Crippen LogP contribution < -0.4 is 14.8 Å². The summed E-state index contributed by atoms with van der Waals surface area (Å²) in [4.78, 5) is 29.8. The Labute approximate surface area is 181 Å². The van der Waals surface area contributed by atoms with Gasteiger partial charge in [0.1, 0.15) is 0 Å². The van der Waals surface area contributed by atoms with E-state index in [2.05, 4.69) is 15.5 Å². The molecule has 1 aliphatic rings. The molecule has 0 spiro atoms. The van der Waals surface area contributed by atoms with Gasteiger partial charge in [0.15, 0.2) is 23.4 Å². The monoisotopic (exact) mass is 431 g/mol. The molecule has 0 bridgehead atoms. The predicted molar refractivity (Wildman–Crippen MR) is 112 cm³/mol. The van der Waals surface area contributed by atoms with E-state index in [1.165, 1.54) is 20.3 Å². The number of carbonyl (C=O) groups is 2. The molecular weight excluding hydrogens is 402 g/mol. The number of carbonyl (C=O) groups excluding carboxylic acids is 2. The Bertz CT molecular complexity index is 978. The van der Waals surface area contributed by atoms with Gasteiger partial charge in [-0.3, -0.25) is 4.79 Å². The fourth-order valence-electron chi connectivity index (χ4n) is 3.04. The SMILES string of the molecule is COc1cc(NC(=O)C2CC2C)c(C(=O)OC(C)c2nc(C(C)(C)C)no2)cc1OC. The number of aromatic nitrogens is 2. The average Bonchev–Trinajstić information content (AvgIpc) is 3.23. The van der Waals surface area contributed by atoms with E-state index in [9.17, 15) is 9.59 Å². The van der Waals surface area contributed by atoms with Gasteiger partial charge in [-0.2, -0.15) is 4.98 Å². The number of nitrogens with zero attached hydrogens (tertiary/aromatic N) is 2. The van der Waals surface area contributed by atoms with Gasteiger partial charge in [0.05, 0.1) is 25.5 Å². The Balaban J connectivity index is 1.85. The van der Waals surface area contributed by atoms with Gasteiger partial charge in [-0.15, -0.1) is 0 Å². The van der Waals surface area contributed by atoms with Crippen LogP contribution in [0.4, 0.5) is 5.69 Å². The highest BCUT2D eigenvalue weighted by molar-refractivity contribution is 6.03. The van der Waals surface area contributed by atoms with Crippen LogP contribution in [0.5, 0.6) is 11.5 Å². The molecule has 0 aliphatic heterocycles. The van der Waals surface area contributed by atoms with Crippen LogP contribution in [0.3, 0.4) is 0 Å². The predicted octanol–water partition coefficient (Wildman–Crippen LogP) is 3.90. The van der Waals surface area contributed by atoms with Gasteiger partial charge in [-0.25, -0.2) is 4.79 Å². The molecule has 1 amide bonds. The van der Waals surface area contributed by atoms with Crippen LogP contribution in [0.2, 0.25) is 0 Å². The van der Waals surface area contributed by atoms with E-state index in [-0.39, 0.29) is 28.7 Å². The molecule has 9 heteroatoms. The summed E-state index contributed by atoms with van der Waals surface area (Å²) in [5.41, 5.74) is 0.133. The lowest BCUT2D eigenvalue weighted by atomic mass is 9.96. The smallest absolute Gasteiger partial charge is 0.341 e. The standard InChI is InChI=1S/C22H29N3O6/c1-11-8-13(11)18(26)23-15-10-17(29-7)16(28-6)9-14(15)20(27)30-12(2)19-24-21(25-31-19)22(3,4)5/h9-13H,8H2,1-7H3,(H,23,26). The number of esters is 1. The van der Waals surface area contributed by atoms with E-state index in [1.807, 2.05) is 27.7 Å². The van der Waals surface area contributed by atoms with Crippen molar-refractivity contribution in [3.63, 3.8) is 0 Å². The van der Waals surface area contributed by atoms with Crippen molar-refractivity contribution in [2.75, 3.05) is 19.5 Å². The first-order valence-corrected chi connectivity index (χ1v) is 10.2. The summed E-state index contributed by atoms with van der Waals surface area (Å²) in [5.74, 6) is 0.886. The molecule has 0 radical (unpaired) electrons. The van der Waals surface area contributed by atoms with E-state index in [0.717, 1.165) is 6.42 Å². The maximum absolute atomic E-state index is 13.0. The van der Waals surface area contributed by atoms with Crippen molar-refractivity contribution >= 4 is 17.6 Å². The highest BCUT2D eigenvalue weighted by atomic mass is 16.6. The van der Waals surface area contributed by atoms with Gasteiger partial charge in [0, 0.05) is 23.5 Å². The molecule has 3 atom stereocenters. The van der Waals surface area contributed by atoms with Crippen LogP contribution in [0.25, 0.3) is 0 Å². The van der Waals surface area contributed by atoms with Crippen molar-refractivity contribution in [1.82, 2.24) is 10.1 Å². The Morgan fingerprint density at radius 3 is 2.32 bits per heavy atom. The van der Waals surface area contributed by atoms with Crippen LogP contribution in [0.15, 0.2) is 16.7 Å². The highest BCUT2D eigenvalue weighted by Gasteiger charge is 2.39. The van der Waals surface area contributed by atoms with Gasteiger partial charge < -0.3 is 24.1 Å². The third kappa shape index (κ3) is 4.98. The molecule has 31 heavy (non-hydrogen) atoms. The zero-order valence-corrected chi connectivity index (χ0v) is 18.9. The zero-order valence-electron chi connectivity index (χ0n) is 18.9. The number of nitrogens with one attached hydrogen (secondary N) is 1. The molecule has 1 heterocycles. The Morgan fingerprint density at radius 2 is 1.81 bits per heavy atom. The Hall–Kier alpha value is -3.10. The number of ether oxygens (including phenoxy) is 3. The summed E-state index contributed by atoms with van der Waals surface area (Å²) in [7, 11) is 2.95.